The van der Waals surface area contributed by atoms with Gasteiger partial charge in [0, 0.05) is 6.42 Å². The molecular weight excluding hydrogens is 367 g/mol. The Hall–Kier alpha value is -2.06. The van der Waals surface area contributed by atoms with Crippen molar-refractivity contribution in [2.75, 3.05) is 11.1 Å². The van der Waals surface area contributed by atoms with Crippen LogP contribution in [0, 0.1) is 17.5 Å². The summed E-state index contributed by atoms with van der Waals surface area (Å²) in [6, 6.07) is 7.22. The standard InChI is InChI=1S/C15H11ClF3NO3S/c16-9-3-1-2-4-12(9)24(22,23)8-7-13(21)20-11-6-5-10(17)14(18)15(11)19/h1-6H,7-8H2,(H,20,21). The van der Waals surface area contributed by atoms with Crippen molar-refractivity contribution < 1.29 is 26.4 Å². The van der Waals surface area contributed by atoms with Gasteiger partial charge < -0.3 is 5.32 Å². The van der Waals surface area contributed by atoms with Gasteiger partial charge in [-0.3, -0.25) is 4.79 Å². The molecule has 1 N–H and O–H groups in total. The summed E-state index contributed by atoms with van der Waals surface area (Å²) in [5.74, 6) is -6.12. The molecule has 2 aromatic rings. The number of carbonyl (C=O) groups is 1. The largest absolute Gasteiger partial charge is 0.323 e. The minimum absolute atomic E-state index is 0.0181. The molecule has 0 aliphatic rings. The van der Waals surface area contributed by atoms with E-state index in [-0.39, 0.29) is 9.92 Å². The fourth-order valence-corrected chi connectivity index (χ4v) is 3.68. The van der Waals surface area contributed by atoms with Crippen LogP contribution >= 0.6 is 11.6 Å². The molecule has 24 heavy (non-hydrogen) atoms. The summed E-state index contributed by atoms with van der Waals surface area (Å²) >= 11 is 5.80. The molecule has 1 amide bonds. The molecular formula is C15H11ClF3NO3S. The van der Waals surface area contributed by atoms with Gasteiger partial charge in [-0.2, -0.15) is 0 Å². The fourth-order valence-electron chi connectivity index (χ4n) is 1.87. The van der Waals surface area contributed by atoms with Crippen LogP contribution in [0.5, 0.6) is 0 Å². The van der Waals surface area contributed by atoms with Gasteiger partial charge in [-0.15, -0.1) is 0 Å². The monoisotopic (exact) mass is 377 g/mol. The number of amides is 1. The Morgan fingerprint density at radius 2 is 1.71 bits per heavy atom. The van der Waals surface area contributed by atoms with Crippen LogP contribution in [-0.4, -0.2) is 20.1 Å². The molecule has 0 bridgehead atoms. The van der Waals surface area contributed by atoms with E-state index in [1.165, 1.54) is 18.2 Å². The van der Waals surface area contributed by atoms with Crippen LogP contribution in [0.3, 0.4) is 0 Å². The van der Waals surface area contributed by atoms with Crippen LogP contribution in [0.25, 0.3) is 0 Å². The first-order valence-electron chi connectivity index (χ1n) is 6.63. The molecule has 128 valence electrons. The van der Waals surface area contributed by atoms with E-state index in [9.17, 15) is 26.4 Å². The maximum absolute atomic E-state index is 13.4. The highest BCUT2D eigenvalue weighted by Gasteiger charge is 2.20. The number of anilines is 1. The Labute approximate surface area is 141 Å². The van der Waals surface area contributed by atoms with Gasteiger partial charge in [0.1, 0.15) is 0 Å². The third kappa shape index (κ3) is 4.07. The first kappa shape index (κ1) is 18.3. The summed E-state index contributed by atoms with van der Waals surface area (Å²) in [4.78, 5) is 11.6. The molecule has 0 aromatic heterocycles. The van der Waals surface area contributed by atoms with Gasteiger partial charge >= 0.3 is 0 Å². The number of carbonyl (C=O) groups excluding carboxylic acids is 1. The number of nitrogens with one attached hydrogen (secondary N) is 1. The molecule has 0 saturated heterocycles. The molecule has 9 heteroatoms. The average Bonchev–Trinajstić information content (AvgIpc) is 2.54. The zero-order chi connectivity index (χ0) is 17.9. The molecule has 2 rings (SSSR count). The van der Waals surface area contributed by atoms with Crippen LogP contribution < -0.4 is 5.32 Å². The zero-order valence-electron chi connectivity index (χ0n) is 12.0. The Kier molecular flexibility index (Phi) is 5.51. The summed E-state index contributed by atoms with van der Waals surface area (Å²) in [5, 5.41) is 2.02. The summed E-state index contributed by atoms with van der Waals surface area (Å²) in [5.41, 5.74) is -0.575. The highest BCUT2D eigenvalue weighted by molar-refractivity contribution is 7.91. The molecule has 2 aromatic carbocycles. The van der Waals surface area contributed by atoms with Gasteiger partial charge in [0.05, 0.1) is 21.4 Å². The molecule has 0 atom stereocenters. The minimum Gasteiger partial charge on any atom is -0.323 e. The highest BCUT2D eigenvalue weighted by atomic mass is 35.5. The summed E-state index contributed by atoms with van der Waals surface area (Å²) in [6.07, 6.45) is -0.508. The number of benzene rings is 2. The lowest BCUT2D eigenvalue weighted by molar-refractivity contribution is -0.115. The molecule has 0 aliphatic carbocycles. The van der Waals surface area contributed by atoms with Crippen LogP contribution in [-0.2, 0) is 14.6 Å². The van der Waals surface area contributed by atoms with Crippen molar-refractivity contribution in [3.8, 4) is 0 Å². The van der Waals surface area contributed by atoms with E-state index in [1.807, 2.05) is 5.32 Å². The summed E-state index contributed by atoms with van der Waals surface area (Å²) in [7, 11) is -3.82. The predicted octanol–water partition coefficient (Wildman–Crippen LogP) is 3.56. The maximum atomic E-state index is 13.4. The number of sulfone groups is 1. The highest BCUT2D eigenvalue weighted by Crippen LogP contribution is 2.23. The fraction of sp³-hybridized carbons (Fsp3) is 0.133. The Bertz CT molecular complexity index is 888. The predicted molar refractivity (Wildman–Crippen MR) is 83.1 cm³/mol. The van der Waals surface area contributed by atoms with Gasteiger partial charge in [0.2, 0.25) is 5.91 Å². The molecule has 0 radical (unpaired) electrons. The number of hydrogen-bond acceptors (Lipinski definition) is 3. The van der Waals surface area contributed by atoms with Gasteiger partial charge in [-0.05, 0) is 24.3 Å². The first-order valence-corrected chi connectivity index (χ1v) is 8.66. The van der Waals surface area contributed by atoms with E-state index in [0.29, 0.717) is 6.07 Å². The molecule has 0 unspecified atom stereocenters. The van der Waals surface area contributed by atoms with E-state index < -0.39 is 51.1 Å². The second-order valence-electron chi connectivity index (χ2n) is 4.77. The average molecular weight is 378 g/mol. The van der Waals surface area contributed by atoms with Crippen molar-refractivity contribution in [2.45, 2.75) is 11.3 Å². The van der Waals surface area contributed by atoms with Gasteiger partial charge in [0.15, 0.2) is 27.3 Å². The Balaban J connectivity index is 2.06. The zero-order valence-corrected chi connectivity index (χ0v) is 13.6. The van der Waals surface area contributed by atoms with Gasteiger partial charge in [-0.25, -0.2) is 21.6 Å². The quantitative estimate of drug-likeness (QED) is 0.810. The summed E-state index contributed by atoms with van der Waals surface area (Å²) in [6.45, 7) is 0. The minimum atomic E-state index is -3.82. The molecule has 0 fully saturated rings. The second-order valence-corrected chi connectivity index (χ2v) is 7.26. The molecule has 0 heterocycles. The van der Waals surface area contributed by atoms with Crippen LogP contribution in [0.2, 0.25) is 5.02 Å². The Morgan fingerprint density at radius 3 is 2.38 bits per heavy atom. The molecule has 0 spiro atoms. The van der Waals surface area contributed by atoms with Crippen LogP contribution in [0.1, 0.15) is 6.42 Å². The number of rotatable bonds is 5. The van der Waals surface area contributed by atoms with Crippen molar-refractivity contribution in [3.63, 3.8) is 0 Å². The summed E-state index contributed by atoms with van der Waals surface area (Å²) < 4.78 is 63.6. The Morgan fingerprint density at radius 1 is 1.04 bits per heavy atom. The van der Waals surface area contributed by atoms with E-state index in [0.717, 1.165) is 6.07 Å². The lowest BCUT2D eigenvalue weighted by Crippen LogP contribution is -2.18. The van der Waals surface area contributed by atoms with Crippen LogP contribution in [0.4, 0.5) is 18.9 Å². The third-order valence-electron chi connectivity index (χ3n) is 3.08. The lowest BCUT2D eigenvalue weighted by Gasteiger charge is -2.08. The molecule has 4 nitrogen and oxygen atoms in total. The normalized spacial score (nSPS) is 11.3. The smallest absolute Gasteiger partial charge is 0.225 e. The van der Waals surface area contributed by atoms with Crippen LogP contribution in [0.15, 0.2) is 41.3 Å². The van der Waals surface area contributed by atoms with E-state index in [4.69, 9.17) is 11.6 Å². The maximum Gasteiger partial charge on any atom is 0.225 e. The SMILES string of the molecule is O=C(CCS(=O)(=O)c1ccccc1Cl)Nc1ccc(F)c(F)c1F. The van der Waals surface area contributed by atoms with E-state index in [2.05, 4.69) is 0 Å². The molecule has 0 saturated carbocycles. The van der Waals surface area contributed by atoms with Gasteiger partial charge in [0.25, 0.3) is 0 Å². The second kappa shape index (κ2) is 7.23. The topological polar surface area (TPSA) is 63.2 Å². The van der Waals surface area contributed by atoms with Crippen molar-refractivity contribution >= 4 is 33.0 Å². The number of halogens is 4. The van der Waals surface area contributed by atoms with Crippen molar-refractivity contribution in [1.82, 2.24) is 0 Å². The van der Waals surface area contributed by atoms with E-state index in [1.54, 1.807) is 6.07 Å². The van der Waals surface area contributed by atoms with Crippen molar-refractivity contribution in [3.05, 3.63) is 58.9 Å². The number of hydrogen-bond donors (Lipinski definition) is 1. The third-order valence-corrected chi connectivity index (χ3v) is 5.29. The van der Waals surface area contributed by atoms with E-state index >= 15 is 0 Å². The first-order chi connectivity index (χ1) is 11.2. The lowest BCUT2D eigenvalue weighted by atomic mass is 10.2. The molecule has 0 aliphatic heterocycles. The van der Waals surface area contributed by atoms with Crippen molar-refractivity contribution in [2.24, 2.45) is 0 Å². The van der Waals surface area contributed by atoms with Crippen molar-refractivity contribution in [1.29, 1.82) is 0 Å². The van der Waals surface area contributed by atoms with Gasteiger partial charge in [-0.1, -0.05) is 23.7 Å².